The van der Waals surface area contributed by atoms with Crippen molar-refractivity contribution in [3.05, 3.63) is 82.4 Å². The van der Waals surface area contributed by atoms with Crippen LogP contribution in [-0.4, -0.2) is 18.0 Å². The predicted molar refractivity (Wildman–Crippen MR) is 93.4 cm³/mol. The molecule has 0 aliphatic carbocycles. The normalized spacial score (nSPS) is 10.3. The van der Waals surface area contributed by atoms with E-state index in [1.54, 1.807) is 42.5 Å². The zero-order chi connectivity index (χ0) is 17.8. The third-order valence-electron chi connectivity index (χ3n) is 3.64. The molecule has 0 aliphatic rings. The van der Waals surface area contributed by atoms with Gasteiger partial charge in [0.25, 0.3) is 11.5 Å². The van der Waals surface area contributed by atoms with E-state index in [2.05, 4.69) is 10.3 Å². The van der Waals surface area contributed by atoms with E-state index < -0.39 is 11.5 Å². The van der Waals surface area contributed by atoms with E-state index in [4.69, 9.17) is 4.74 Å². The van der Waals surface area contributed by atoms with E-state index in [0.717, 1.165) is 0 Å². The Morgan fingerprint density at radius 3 is 2.52 bits per heavy atom. The summed E-state index contributed by atoms with van der Waals surface area (Å²) in [6.45, 7) is 0. The molecule has 0 fully saturated rings. The van der Waals surface area contributed by atoms with Gasteiger partial charge in [0.1, 0.15) is 17.1 Å². The molecule has 3 aromatic rings. The summed E-state index contributed by atoms with van der Waals surface area (Å²) in [5.74, 6) is -0.293. The standard InChI is InChI=1S/C19H15FN2O3/c1-25-15-4-2-3-14(11-15)21-18(23)16-9-10-17(22-19(16)24)12-5-7-13(20)8-6-12/h2-11H,1H3,(H,21,23)(H,22,24). The number of amides is 1. The molecule has 1 aromatic heterocycles. The molecule has 0 radical (unpaired) electrons. The summed E-state index contributed by atoms with van der Waals surface area (Å²) in [6.07, 6.45) is 0. The monoisotopic (exact) mass is 338 g/mol. The molecule has 3 rings (SSSR count). The van der Waals surface area contributed by atoms with Crippen LogP contribution in [0, 0.1) is 5.82 Å². The average Bonchev–Trinajstić information content (AvgIpc) is 2.62. The fraction of sp³-hybridized carbons (Fsp3) is 0.0526. The van der Waals surface area contributed by atoms with Gasteiger partial charge in [0.15, 0.2) is 0 Å². The lowest BCUT2D eigenvalue weighted by Gasteiger charge is -2.07. The maximum atomic E-state index is 13.0. The van der Waals surface area contributed by atoms with Crippen molar-refractivity contribution in [3.8, 4) is 17.0 Å². The number of hydrogen-bond acceptors (Lipinski definition) is 3. The number of pyridine rings is 1. The minimum Gasteiger partial charge on any atom is -0.497 e. The Morgan fingerprint density at radius 2 is 1.84 bits per heavy atom. The molecule has 1 amide bonds. The van der Waals surface area contributed by atoms with E-state index in [-0.39, 0.29) is 11.4 Å². The number of hydrogen-bond donors (Lipinski definition) is 2. The molecule has 0 bridgehead atoms. The SMILES string of the molecule is COc1cccc(NC(=O)c2ccc(-c3ccc(F)cc3)[nH]c2=O)c1. The first-order valence-electron chi connectivity index (χ1n) is 7.51. The molecule has 2 aromatic carbocycles. The molecule has 6 heteroatoms. The van der Waals surface area contributed by atoms with Gasteiger partial charge in [-0.05, 0) is 54.1 Å². The zero-order valence-electron chi connectivity index (χ0n) is 13.4. The van der Waals surface area contributed by atoms with Gasteiger partial charge in [0.2, 0.25) is 0 Å². The van der Waals surface area contributed by atoms with Gasteiger partial charge >= 0.3 is 0 Å². The summed E-state index contributed by atoms with van der Waals surface area (Å²) in [7, 11) is 1.53. The van der Waals surface area contributed by atoms with E-state index >= 15 is 0 Å². The van der Waals surface area contributed by atoms with Crippen LogP contribution < -0.4 is 15.6 Å². The number of H-pyrrole nitrogens is 1. The van der Waals surface area contributed by atoms with Gasteiger partial charge in [-0.2, -0.15) is 0 Å². The van der Waals surface area contributed by atoms with Crippen LogP contribution in [0.1, 0.15) is 10.4 Å². The van der Waals surface area contributed by atoms with Crippen LogP contribution in [0.2, 0.25) is 0 Å². The van der Waals surface area contributed by atoms with Crippen LogP contribution in [0.3, 0.4) is 0 Å². The maximum absolute atomic E-state index is 13.0. The third-order valence-corrected chi connectivity index (χ3v) is 3.64. The van der Waals surface area contributed by atoms with Crippen LogP contribution in [0.4, 0.5) is 10.1 Å². The number of carbonyl (C=O) groups excluding carboxylic acids is 1. The third kappa shape index (κ3) is 3.74. The minimum atomic E-state index is -0.528. The van der Waals surface area contributed by atoms with Gasteiger partial charge < -0.3 is 15.0 Å². The van der Waals surface area contributed by atoms with Crippen LogP contribution >= 0.6 is 0 Å². The number of carbonyl (C=O) groups is 1. The van der Waals surface area contributed by atoms with E-state index in [0.29, 0.717) is 22.7 Å². The number of benzene rings is 2. The lowest BCUT2D eigenvalue weighted by Crippen LogP contribution is -2.23. The molecule has 0 aliphatic heterocycles. The van der Waals surface area contributed by atoms with Gasteiger partial charge in [-0.25, -0.2) is 4.39 Å². The smallest absolute Gasteiger partial charge is 0.261 e. The maximum Gasteiger partial charge on any atom is 0.261 e. The van der Waals surface area contributed by atoms with E-state index in [1.165, 1.54) is 25.3 Å². The van der Waals surface area contributed by atoms with Crippen molar-refractivity contribution < 1.29 is 13.9 Å². The van der Waals surface area contributed by atoms with Crippen LogP contribution in [0.25, 0.3) is 11.3 Å². The van der Waals surface area contributed by atoms with Crippen molar-refractivity contribution in [1.82, 2.24) is 4.98 Å². The second kappa shape index (κ2) is 7.00. The predicted octanol–water partition coefficient (Wildman–Crippen LogP) is 3.44. The summed E-state index contributed by atoms with van der Waals surface area (Å²) in [5.41, 5.74) is 1.13. The number of anilines is 1. The lowest BCUT2D eigenvalue weighted by molar-refractivity contribution is 0.102. The average molecular weight is 338 g/mol. The molecule has 0 saturated carbocycles. The van der Waals surface area contributed by atoms with Gasteiger partial charge in [-0.1, -0.05) is 6.07 Å². The summed E-state index contributed by atoms with van der Waals surface area (Å²) in [4.78, 5) is 27.2. The topological polar surface area (TPSA) is 71.2 Å². The highest BCUT2D eigenvalue weighted by molar-refractivity contribution is 6.04. The highest BCUT2D eigenvalue weighted by Gasteiger charge is 2.12. The Kier molecular flexibility index (Phi) is 4.61. The number of methoxy groups -OCH3 is 1. The summed E-state index contributed by atoms with van der Waals surface area (Å²) < 4.78 is 18.1. The van der Waals surface area contributed by atoms with E-state index in [1.807, 2.05) is 0 Å². The van der Waals surface area contributed by atoms with Gasteiger partial charge in [0, 0.05) is 17.4 Å². The van der Waals surface area contributed by atoms with Crippen molar-refractivity contribution in [3.63, 3.8) is 0 Å². The van der Waals surface area contributed by atoms with Gasteiger partial charge in [-0.3, -0.25) is 9.59 Å². The molecule has 126 valence electrons. The second-order valence-corrected chi connectivity index (χ2v) is 5.31. The second-order valence-electron chi connectivity index (χ2n) is 5.31. The van der Waals surface area contributed by atoms with Crippen molar-refractivity contribution in [2.24, 2.45) is 0 Å². The number of rotatable bonds is 4. The molecule has 2 N–H and O–H groups in total. The zero-order valence-corrected chi connectivity index (χ0v) is 13.4. The Hall–Kier alpha value is -3.41. The first kappa shape index (κ1) is 16.4. The van der Waals surface area contributed by atoms with Crippen LogP contribution in [0.5, 0.6) is 5.75 Å². The molecule has 0 unspecified atom stereocenters. The molecular weight excluding hydrogens is 323 g/mol. The lowest BCUT2D eigenvalue weighted by atomic mass is 10.1. The fourth-order valence-corrected chi connectivity index (χ4v) is 2.35. The van der Waals surface area contributed by atoms with Gasteiger partial charge in [-0.15, -0.1) is 0 Å². The van der Waals surface area contributed by atoms with Crippen molar-refractivity contribution >= 4 is 11.6 Å². The molecule has 0 spiro atoms. The first-order chi connectivity index (χ1) is 12.1. The highest BCUT2D eigenvalue weighted by atomic mass is 19.1. The van der Waals surface area contributed by atoms with Crippen LogP contribution in [0.15, 0.2) is 65.5 Å². The molecule has 25 heavy (non-hydrogen) atoms. The summed E-state index contributed by atoms with van der Waals surface area (Å²) in [5, 5.41) is 2.65. The molecular formula is C19H15FN2O3. The van der Waals surface area contributed by atoms with Crippen molar-refractivity contribution in [2.75, 3.05) is 12.4 Å². The van der Waals surface area contributed by atoms with Crippen molar-refractivity contribution in [2.45, 2.75) is 0 Å². The summed E-state index contributed by atoms with van der Waals surface area (Å²) >= 11 is 0. The Balaban J connectivity index is 1.83. The minimum absolute atomic E-state index is 0.0197. The number of nitrogens with one attached hydrogen (secondary N) is 2. The molecule has 1 heterocycles. The largest absolute Gasteiger partial charge is 0.497 e. The number of ether oxygens (including phenoxy) is 1. The molecule has 0 atom stereocenters. The molecule has 0 saturated heterocycles. The van der Waals surface area contributed by atoms with Crippen molar-refractivity contribution in [1.29, 1.82) is 0 Å². The Bertz CT molecular complexity index is 965. The Morgan fingerprint density at radius 1 is 1.08 bits per heavy atom. The van der Waals surface area contributed by atoms with E-state index in [9.17, 15) is 14.0 Å². The quantitative estimate of drug-likeness (QED) is 0.765. The number of aromatic nitrogens is 1. The number of halogens is 1. The molecule has 5 nitrogen and oxygen atoms in total. The summed E-state index contributed by atoms with van der Waals surface area (Å²) in [6, 6.07) is 15.6. The fourth-order valence-electron chi connectivity index (χ4n) is 2.35. The number of aromatic amines is 1. The Labute approximate surface area is 143 Å². The first-order valence-corrected chi connectivity index (χ1v) is 7.51. The van der Waals surface area contributed by atoms with Crippen LogP contribution in [-0.2, 0) is 0 Å². The van der Waals surface area contributed by atoms with Gasteiger partial charge in [0.05, 0.1) is 7.11 Å². The highest BCUT2D eigenvalue weighted by Crippen LogP contribution is 2.18.